The first-order chi connectivity index (χ1) is 10.5. The summed E-state index contributed by atoms with van der Waals surface area (Å²) in [7, 11) is 0. The number of aromatic nitrogens is 1. The van der Waals surface area contributed by atoms with Gasteiger partial charge in [0.15, 0.2) is 0 Å². The lowest BCUT2D eigenvalue weighted by Crippen LogP contribution is -2.33. The number of fused-ring (bicyclic) bond motifs is 1. The summed E-state index contributed by atoms with van der Waals surface area (Å²) in [5, 5.41) is 8.40. The standard InChI is InChI=1S/C17H23N3O2/c1-17(2,3)22-16(21)20-10-5-9-19-15-7-4-6-13-12-18-11-8-14(13)15/h4,6-8,11-12,19H,5,9-10H2,1-3H3,(H,20,21). The molecule has 0 aliphatic carbocycles. The van der Waals surface area contributed by atoms with Crippen molar-refractivity contribution in [1.82, 2.24) is 10.3 Å². The molecule has 0 unspecified atom stereocenters. The van der Waals surface area contributed by atoms with E-state index in [4.69, 9.17) is 4.74 Å². The molecule has 5 nitrogen and oxygen atoms in total. The van der Waals surface area contributed by atoms with Crippen LogP contribution < -0.4 is 10.6 Å². The topological polar surface area (TPSA) is 63.2 Å². The van der Waals surface area contributed by atoms with Crippen molar-refractivity contribution in [2.24, 2.45) is 0 Å². The van der Waals surface area contributed by atoms with Crippen LogP contribution in [0.15, 0.2) is 36.7 Å². The van der Waals surface area contributed by atoms with E-state index in [0.717, 1.165) is 29.4 Å². The average Bonchev–Trinajstić information content (AvgIpc) is 2.45. The number of carbonyl (C=O) groups excluding carboxylic acids is 1. The fraction of sp³-hybridized carbons (Fsp3) is 0.412. The van der Waals surface area contributed by atoms with Crippen LogP contribution in [-0.2, 0) is 4.74 Å². The van der Waals surface area contributed by atoms with E-state index in [1.807, 2.05) is 51.2 Å². The smallest absolute Gasteiger partial charge is 0.407 e. The number of nitrogens with one attached hydrogen (secondary N) is 2. The van der Waals surface area contributed by atoms with Gasteiger partial charge in [-0.2, -0.15) is 0 Å². The van der Waals surface area contributed by atoms with E-state index >= 15 is 0 Å². The second-order valence-corrected chi connectivity index (χ2v) is 6.11. The van der Waals surface area contributed by atoms with E-state index in [-0.39, 0.29) is 6.09 Å². The Hall–Kier alpha value is -2.30. The van der Waals surface area contributed by atoms with Gasteiger partial charge in [0.05, 0.1) is 0 Å². The van der Waals surface area contributed by atoms with Crippen LogP contribution in [0.3, 0.4) is 0 Å². The van der Waals surface area contributed by atoms with Crippen LogP contribution in [0.2, 0.25) is 0 Å². The number of anilines is 1. The Labute approximate surface area is 131 Å². The van der Waals surface area contributed by atoms with E-state index in [0.29, 0.717) is 6.54 Å². The maximum Gasteiger partial charge on any atom is 0.407 e. The Kier molecular flexibility index (Phi) is 5.20. The molecule has 2 rings (SSSR count). The summed E-state index contributed by atoms with van der Waals surface area (Å²) in [4.78, 5) is 15.6. The van der Waals surface area contributed by atoms with Crippen LogP contribution in [0.4, 0.5) is 10.5 Å². The van der Waals surface area contributed by atoms with Gasteiger partial charge in [0.1, 0.15) is 5.60 Å². The van der Waals surface area contributed by atoms with Crippen LogP contribution in [0.25, 0.3) is 10.8 Å². The maximum atomic E-state index is 11.5. The summed E-state index contributed by atoms with van der Waals surface area (Å²) in [6.45, 7) is 6.90. The van der Waals surface area contributed by atoms with Crippen molar-refractivity contribution in [3.8, 4) is 0 Å². The predicted molar refractivity (Wildman–Crippen MR) is 89.1 cm³/mol. The number of pyridine rings is 1. The zero-order valence-electron chi connectivity index (χ0n) is 13.3. The lowest BCUT2D eigenvalue weighted by Gasteiger charge is -2.19. The van der Waals surface area contributed by atoms with Gasteiger partial charge >= 0.3 is 6.09 Å². The normalized spacial score (nSPS) is 11.2. The number of carbonyl (C=O) groups is 1. The number of benzene rings is 1. The van der Waals surface area contributed by atoms with Gasteiger partial charge in [-0.05, 0) is 39.3 Å². The zero-order chi connectivity index (χ0) is 16.0. The number of alkyl carbamates (subject to hydrolysis) is 1. The molecule has 0 atom stereocenters. The molecule has 0 spiro atoms. The SMILES string of the molecule is CC(C)(C)OC(=O)NCCCNc1cccc2cnccc12. The van der Waals surface area contributed by atoms with Gasteiger partial charge in [-0.25, -0.2) is 4.79 Å². The molecule has 0 aliphatic heterocycles. The highest BCUT2D eigenvalue weighted by molar-refractivity contribution is 5.93. The highest BCUT2D eigenvalue weighted by Crippen LogP contribution is 2.21. The average molecular weight is 301 g/mol. The molecular formula is C17H23N3O2. The molecule has 0 fully saturated rings. The molecule has 0 radical (unpaired) electrons. The second kappa shape index (κ2) is 7.11. The number of amides is 1. The minimum Gasteiger partial charge on any atom is -0.444 e. The number of ether oxygens (including phenoxy) is 1. The third kappa shape index (κ3) is 4.91. The molecule has 0 bridgehead atoms. The van der Waals surface area contributed by atoms with Crippen LogP contribution in [0, 0.1) is 0 Å². The molecule has 2 N–H and O–H groups in total. The lowest BCUT2D eigenvalue weighted by atomic mass is 10.1. The third-order valence-electron chi connectivity index (χ3n) is 3.02. The summed E-state index contributed by atoms with van der Waals surface area (Å²) in [5.74, 6) is 0. The number of hydrogen-bond acceptors (Lipinski definition) is 4. The quantitative estimate of drug-likeness (QED) is 0.829. The summed E-state index contributed by atoms with van der Waals surface area (Å²) in [5.41, 5.74) is 0.622. The van der Waals surface area contributed by atoms with E-state index in [2.05, 4.69) is 15.6 Å². The summed E-state index contributed by atoms with van der Waals surface area (Å²) in [6.07, 6.45) is 4.09. The molecule has 1 aromatic heterocycles. The Morgan fingerprint density at radius 3 is 2.82 bits per heavy atom. The van der Waals surface area contributed by atoms with Crippen molar-refractivity contribution < 1.29 is 9.53 Å². The Balaban J connectivity index is 1.76. The molecule has 1 aromatic carbocycles. The maximum absolute atomic E-state index is 11.5. The molecule has 0 aliphatic rings. The highest BCUT2D eigenvalue weighted by atomic mass is 16.6. The zero-order valence-corrected chi connectivity index (χ0v) is 13.3. The van der Waals surface area contributed by atoms with Gasteiger partial charge < -0.3 is 15.4 Å². The van der Waals surface area contributed by atoms with Gasteiger partial charge in [-0.15, -0.1) is 0 Å². The predicted octanol–water partition coefficient (Wildman–Crippen LogP) is 3.56. The van der Waals surface area contributed by atoms with Crippen molar-refractivity contribution in [3.63, 3.8) is 0 Å². The molecule has 118 valence electrons. The summed E-state index contributed by atoms with van der Waals surface area (Å²) < 4.78 is 5.18. The van der Waals surface area contributed by atoms with Crippen molar-refractivity contribution in [2.45, 2.75) is 32.8 Å². The molecule has 22 heavy (non-hydrogen) atoms. The fourth-order valence-corrected chi connectivity index (χ4v) is 2.09. The van der Waals surface area contributed by atoms with Gasteiger partial charge in [0, 0.05) is 41.9 Å². The van der Waals surface area contributed by atoms with E-state index in [9.17, 15) is 4.79 Å². The molecule has 1 amide bonds. The third-order valence-corrected chi connectivity index (χ3v) is 3.02. The first kappa shape index (κ1) is 16.1. The number of hydrogen-bond donors (Lipinski definition) is 2. The molecule has 2 aromatic rings. The van der Waals surface area contributed by atoms with Gasteiger partial charge in [0.25, 0.3) is 0 Å². The van der Waals surface area contributed by atoms with Crippen LogP contribution >= 0.6 is 0 Å². The van der Waals surface area contributed by atoms with Crippen molar-refractivity contribution in [3.05, 3.63) is 36.7 Å². The van der Waals surface area contributed by atoms with Crippen LogP contribution in [0.5, 0.6) is 0 Å². The summed E-state index contributed by atoms with van der Waals surface area (Å²) in [6, 6.07) is 8.09. The van der Waals surface area contributed by atoms with E-state index in [1.54, 1.807) is 6.20 Å². The largest absolute Gasteiger partial charge is 0.444 e. The first-order valence-corrected chi connectivity index (χ1v) is 7.49. The first-order valence-electron chi connectivity index (χ1n) is 7.49. The number of rotatable bonds is 5. The number of nitrogens with zero attached hydrogens (tertiary/aromatic N) is 1. The minimum absolute atomic E-state index is 0.372. The molecule has 1 heterocycles. The van der Waals surface area contributed by atoms with Crippen molar-refractivity contribution in [1.29, 1.82) is 0 Å². The van der Waals surface area contributed by atoms with Crippen LogP contribution in [-0.4, -0.2) is 29.8 Å². The monoisotopic (exact) mass is 301 g/mol. The van der Waals surface area contributed by atoms with E-state index in [1.165, 1.54) is 0 Å². The van der Waals surface area contributed by atoms with Crippen LogP contribution in [0.1, 0.15) is 27.2 Å². The lowest BCUT2D eigenvalue weighted by molar-refractivity contribution is 0.0528. The summed E-state index contributed by atoms with van der Waals surface area (Å²) >= 11 is 0. The van der Waals surface area contributed by atoms with Crippen molar-refractivity contribution in [2.75, 3.05) is 18.4 Å². The molecule has 0 saturated carbocycles. The second-order valence-electron chi connectivity index (χ2n) is 6.11. The highest BCUT2D eigenvalue weighted by Gasteiger charge is 2.15. The Morgan fingerprint density at radius 2 is 2.05 bits per heavy atom. The molecule has 5 heteroatoms. The molecular weight excluding hydrogens is 278 g/mol. The van der Waals surface area contributed by atoms with Crippen molar-refractivity contribution >= 4 is 22.6 Å². The fourth-order valence-electron chi connectivity index (χ4n) is 2.09. The minimum atomic E-state index is -0.459. The van der Waals surface area contributed by atoms with Gasteiger partial charge in [0.2, 0.25) is 0 Å². The van der Waals surface area contributed by atoms with Gasteiger partial charge in [-0.3, -0.25) is 4.98 Å². The molecule has 0 saturated heterocycles. The Bertz CT molecular complexity index is 630. The Morgan fingerprint density at radius 1 is 1.23 bits per heavy atom. The van der Waals surface area contributed by atoms with E-state index < -0.39 is 5.60 Å². The van der Waals surface area contributed by atoms with Gasteiger partial charge in [-0.1, -0.05) is 12.1 Å².